The lowest BCUT2D eigenvalue weighted by molar-refractivity contribution is 0.0940. The van der Waals surface area contributed by atoms with Gasteiger partial charge in [0.05, 0.1) is 16.6 Å². The maximum atomic E-state index is 12.8. The van der Waals surface area contributed by atoms with Gasteiger partial charge in [0, 0.05) is 5.56 Å². The average Bonchev–Trinajstić information content (AvgIpc) is 2.70. The van der Waals surface area contributed by atoms with Crippen LogP contribution in [0, 0.1) is 20.8 Å². The first-order chi connectivity index (χ1) is 14.2. The molecule has 3 aromatic carbocycles. The van der Waals surface area contributed by atoms with Crippen molar-refractivity contribution in [1.29, 1.82) is 0 Å². The lowest BCUT2D eigenvalue weighted by Crippen LogP contribution is -2.27. The van der Waals surface area contributed by atoms with Crippen LogP contribution in [0.3, 0.4) is 0 Å². The number of rotatable bonds is 6. The molecular formula is C24H26N2O3S. The molecule has 0 heterocycles. The maximum Gasteiger partial charge on any atom is 0.261 e. The predicted octanol–water partition coefficient (Wildman–Crippen LogP) is 4.90. The molecule has 0 radical (unpaired) electrons. The first-order valence-corrected chi connectivity index (χ1v) is 11.2. The van der Waals surface area contributed by atoms with Crippen molar-refractivity contribution in [2.75, 3.05) is 4.72 Å². The molecule has 6 heteroatoms. The Bertz CT molecular complexity index is 1170. The minimum Gasteiger partial charge on any atom is -0.346 e. The lowest BCUT2D eigenvalue weighted by Gasteiger charge is -2.18. The van der Waals surface area contributed by atoms with Crippen LogP contribution in [0.25, 0.3) is 0 Å². The predicted molar refractivity (Wildman–Crippen MR) is 120 cm³/mol. The molecular weight excluding hydrogens is 396 g/mol. The van der Waals surface area contributed by atoms with E-state index in [0.717, 1.165) is 16.7 Å². The van der Waals surface area contributed by atoms with E-state index in [9.17, 15) is 13.2 Å². The van der Waals surface area contributed by atoms with E-state index in [1.54, 1.807) is 43.3 Å². The van der Waals surface area contributed by atoms with Gasteiger partial charge >= 0.3 is 0 Å². The zero-order valence-corrected chi connectivity index (χ0v) is 18.4. The van der Waals surface area contributed by atoms with Crippen molar-refractivity contribution >= 4 is 21.6 Å². The molecule has 1 amide bonds. The first kappa shape index (κ1) is 21.6. The third-order valence-corrected chi connectivity index (χ3v) is 6.42. The van der Waals surface area contributed by atoms with Crippen molar-refractivity contribution < 1.29 is 13.2 Å². The number of anilines is 1. The summed E-state index contributed by atoms with van der Waals surface area (Å²) in [7, 11) is -3.74. The Hall–Kier alpha value is -3.12. The number of nitrogens with one attached hydrogen (secondary N) is 2. The fourth-order valence-electron chi connectivity index (χ4n) is 3.35. The van der Waals surface area contributed by atoms with Crippen LogP contribution in [0.2, 0.25) is 0 Å². The summed E-state index contributed by atoms with van der Waals surface area (Å²) in [6, 6.07) is 19.1. The topological polar surface area (TPSA) is 75.3 Å². The van der Waals surface area contributed by atoms with E-state index < -0.39 is 10.0 Å². The molecule has 5 nitrogen and oxygen atoms in total. The summed E-state index contributed by atoms with van der Waals surface area (Å²) in [4.78, 5) is 13.0. The Morgan fingerprint density at radius 2 is 1.57 bits per heavy atom. The first-order valence-electron chi connectivity index (χ1n) is 9.74. The molecule has 0 bridgehead atoms. The van der Waals surface area contributed by atoms with Crippen LogP contribution in [0.4, 0.5) is 5.69 Å². The standard InChI is InChI=1S/C24H26N2O3S/c1-16-10-13-22(18(3)14-16)19(4)25-24(27)20-12-11-17(2)23(15-20)26-30(28,29)21-8-6-5-7-9-21/h5-15,19,26H,1-4H3,(H,25,27)/t19-/m0/s1. The number of sulfonamides is 1. The third-order valence-electron chi connectivity index (χ3n) is 5.04. The molecule has 2 N–H and O–H groups in total. The van der Waals surface area contributed by atoms with E-state index in [-0.39, 0.29) is 16.8 Å². The molecule has 3 rings (SSSR count). The van der Waals surface area contributed by atoms with Crippen molar-refractivity contribution in [3.05, 3.63) is 94.5 Å². The minimum absolute atomic E-state index is 0.169. The Morgan fingerprint density at radius 3 is 2.23 bits per heavy atom. The van der Waals surface area contributed by atoms with E-state index in [1.165, 1.54) is 17.7 Å². The highest BCUT2D eigenvalue weighted by Crippen LogP contribution is 2.23. The number of hydrogen-bond acceptors (Lipinski definition) is 3. The van der Waals surface area contributed by atoms with Gasteiger partial charge in [0.25, 0.3) is 15.9 Å². The van der Waals surface area contributed by atoms with Crippen molar-refractivity contribution in [3.63, 3.8) is 0 Å². The van der Waals surface area contributed by atoms with Gasteiger partial charge in [0.1, 0.15) is 0 Å². The molecule has 0 fully saturated rings. The number of amides is 1. The summed E-state index contributed by atoms with van der Waals surface area (Å²) in [6.07, 6.45) is 0. The molecule has 0 aliphatic rings. The number of carbonyl (C=O) groups is 1. The van der Waals surface area contributed by atoms with Crippen molar-refractivity contribution in [1.82, 2.24) is 5.32 Å². The highest BCUT2D eigenvalue weighted by Gasteiger charge is 2.18. The molecule has 0 aliphatic heterocycles. The summed E-state index contributed by atoms with van der Waals surface area (Å²) in [5.41, 5.74) is 4.83. The van der Waals surface area contributed by atoms with Gasteiger partial charge in [0.2, 0.25) is 0 Å². The molecule has 30 heavy (non-hydrogen) atoms. The van der Waals surface area contributed by atoms with Crippen LogP contribution >= 0.6 is 0 Å². The maximum absolute atomic E-state index is 12.8. The van der Waals surface area contributed by atoms with Crippen molar-refractivity contribution in [2.45, 2.75) is 38.6 Å². The second-order valence-corrected chi connectivity index (χ2v) is 9.19. The van der Waals surface area contributed by atoms with Crippen molar-refractivity contribution in [3.8, 4) is 0 Å². The Labute approximate surface area is 178 Å². The highest BCUT2D eigenvalue weighted by atomic mass is 32.2. The molecule has 0 saturated carbocycles. The molecule has 0 aromatic heterocycles. The van der Waals surface area contributed by atoms with Crippen LogP contribution in [0.15, 0.2) is 71.6 Å². The second-order valence-electron chi connectivity index (χ2n) is 7.50. The Morgan fingerprint density at radius 1 is 0.867 bits per heavy atom. The SMILES string of the molecule is Cc1ccc([C@H](C)NC(=O)c2ccc(C)c(NS(=O)(=O)c3ccccc3)c2)c(C)c1. The van der Waals surface area contributed by atoms with Gasteiger partial charge in [-0.1, -0.05) is 48.0 Å². The van der Waals surface area contributed by atoms with Crippen LogP contribution in [0.1, 0.15) is 45.6 Å². The van der Waals surface area contributed by atoms with E-state index in [1.807, 2.05) is 32.9 Å². The summed E-state index contributed by atoms with van der Waals surface area (Å²) in [6.45, 7) is 7.78. The molecule has 0 saturated heterocycles. The minimum atomic E-state index is -3.74. The van der Waals surface area contributed by atoms with Crippen LogP contribution < -0.4 is 10.0 Å². The molecule has 0 unspecified atom stereocenters. The van der Waals surface area contributed by atoms with Gasteiger partial charge in [-0.05, 0) is 68.7 Å². The van der Waals surface area contributed by atoms with Gasteiger partial charge < -0.3 is 5.32 Å². The number of aryl methyl sites for hydroxylation is 3. The normalized spacial score (nSPS) is 12.3. The van der Waals surface area contributed by atoms with E-state index in [0.29, 0.717) is 11.3 Å². The molecule has 1 atom stereocenters. The molecule has 3 aromatic rings. The summed E-state index contributed by atoms with van der Waals surface area (Å²) < 4.78 is 27.9. The lowest BCUT2D eigenvalue weighted by atomic mass is 10.00. The highest BCUT2D eigenvalue weighted by molar-refractivity contribution is 7.92. The molecule has 0 spiro atoms. The fraction of sp³-hybridized carbons (Fsp3) is 0.208. The smallest absolute Gasteiger partial charge is 0.261 e. The zero-order valence-electron chi connectivity index (χ0n) is 17.6. The summed E-state index contributed by atoms with van der Waals surface area (Å²) >= 11 is 0. The number of carbonyl (C=O) groups excluding carboxylic acids is 1. The zero-order chi connectivity index (χ0) is 21.9. The average molecular weight is 423 g/mol. The van der Waals surface area contributed by atoms with Gasteiger partial charge in [0.15, 0.2) is 0 Å². The van der Waals surface area contributed by atoms with E-state index in [2.05, 4.69) is 16.1 Å². The van der Waals surface area contributed by atoms with Gasteiger partial charge in [-0.15, -0.1) is 0 Å². The second kappa shape index (κ2) is 8.71. The summed E-state index contributed by atoms with van der Waals surface area (Å²) in [5.74, 6) is -0.261. The van der Waals surface area contributed by atoms with Gasteiger partial charge in [-0.25, -0.2) is 8.42 Å². The fourth-order valence-corrected chi connectivity index (χ4v) is 4.49. The number of hydrogen-bond donors (Lipinski definition) is 2. The Kier molecular flexibility index (Phi) is 6.27. The van der Waals surface area contributed by atoms with Crippen LogP contribution in [-0.4, -0.2) is 14.3 Å². The van der Waals surface area contributed by atoms with E-state index in [4.69, 9.17) is 0 Å². The van der Waals surface area contributed by atoms with Crippen LogP contribution in [0.5, 0.6) is 0 Å². The van der Waals surface area contributed by atoms with Gasteiger partial charge in [-0.2, -0.15) is 0 Å². The van der Waals surface area contributed by atoms with E-state index >= 15 is 0 Å². The van der Waals surface area contributed by atoms with Gasteiger partial charge in [-0.3, -0.25) is 9.52 Å². The van der Waals surface area contributed by atoms with Crippen LogP contribution in [-0.2, 0) is 10.0 Å². The quantitative estimate of drug-likeness (QED) is 0.593. The summed E-state index contributed by atoms with van der Waals surface area (Å²) in [5, 5.41) is 3.00. The monoisotopic (exact) mass is 422 g/mol. The number of benzene rings is 3. The molecule has 156 valence electrons. The largest absolute Gasteiger partial charge is 0.346 e. The third kappa shape index (κ3) is 4.89. The molecule has 0 aliphatic carbocycles. The Balaban J connectivity index is 1.81. The van der Waals surface area contributed by atoms with Crippen molar-refractivity contribution in [2.24, 2.45) is 0 Å².